The highest BCUT2D eigenvalue weighted by atomic mass is 35.5. The van der Waals surface area contributed by atoms with Crippen molar-refractivity contribution < 1.29 is 4.39 Å². The van der Waals surface area contributed by atoms with Crippen molar-refractivity contribution in [3.63, 3.8) is 0 Å². The number of aromatic nitrogens is 1. The second kappa shape index (κ2) is 3.65. The molecule has 0 unspecified atom stereocenters. The van der Waals surface area contributed by atoms with Crippen LogP contribution in [0.2, 0.25) is 10.3 Å². The van der Waals surface area contributed by atoms with E-state index in [1.165, 1.54) is 6.07 Å². The van der Waals surface area contributed by atoms with Gasteiger partial charge in [-0.3, -0.25) is 0 Å². The number of nitrogens with zero attached hydrogens (tertiary/aromatic N) is 1. The molecule has 1 heterocycles. The molecule has 2 nitrogen and oxygen atoms in total. The van der Waals surface area contributed by atoms with E-state index in [-0.39, 0.29) is 16.3 Å². The molecule has 1 aliphatic carbocycles. The molecule has 2 rings (SSSR count). The Bertz CT molecular complexity index is 366. The molecule has 0 bridgehead atoms. The van der Waals surface area contributed by atoms with Gasteiger partial charge in [0, 0.05) is 11.6 Å². The predicted molar refractivity (Wildman–Crippen MR) is 53.9 cm³/mol. The Morgan fingerprint density at radius 2 is 2.07 bits per heavy atom. The molecule has 0 radical (unpaired) electrons. The van der Waals surface area contributed by atoms with Gasteiger partial charge in [-0.2, -0.15) is 0 Å². The van der Waals surface area contributed by atoms with Gasteiger partial charge < -0.3 is 5.73 Å². The molecule has 0 spiro atoms. The van der Waals surface area contributed by atoms with Crippen LogP contribution in [0.5, 0.6) is 0 Å². The highest BCUT2D eigenvalue weighted by Gasteiger charge is 2.31. The molecule has 0 aliphatic heterocycles. The topological polar surface area (TPSA) is 38.9 Å². The van der Waals surface area contributed by atoms with Crippen molar-refractivity contribution in [3.8, 4) is 0 Å². The quantitative estimate of drug-likeness (QED) is 0.800. The van der Waals surface area contributed by atoms with Crippen molar-refractivity contribution in [2.75, 3.05) is 0 Å². The molecule has 1 aromatic heterocycles. The number of hydrogen-bond donors (Lipinski definition) is 1. The summed E-state index contributed by atoms with van der Waals surface area (Å²) in [7, 11) is 0. The minimum atomic E-state index is -0.567. The summed E-state index contributed by atoms with van der Waals surface area (Å²) in [6.07, 6.45) is 2.14. The summed E-state index contributed by atoms with van der Waals surface area (Å²) in [5, 5.41) is -0.00227. The minimum absolute atomic E-state index is 0.204. The maximum atomic E-state index is 13.1. The first kappa shape index (κ1) is 10.1. The van der Waals surface area contributed by atoms with Crippen LogP contribution in [-0.4, -0.2) is 4.98 Å². The molecule has 0 amide bonds. The summed E-state index contributed by atoms with van der Waals surface area (Å²) in [6, 6.07) is 1.06. The molecule has 1 saturated carbocycles. The second-order valence-electron chi connectivity index (χ2n) is 3.50. The van der Waals surface area contributed by atoms with Crippen LogP contribution in [0.25, 0.3) is 0 Å². The van der Waals surface area contributed by atoms with Crippen LogP contribution in [0.3, 0.4) is 0 Å². The number of nitrogens with two attached hydrogens (primary N) is 1. The summed E-state index contributed by atoms with van der Waals surface area (Å²) >= 11 is 11.3. The zero-order valence-electron chi connectivity index (χ0n) is 7.30. The van der Waals surface area contributed by atoms with Gasteiger partial charge in [0.1, 0.15) is 5.15 Å². The van der Waals surface area contributed by atoms with E-state index in [1.807, 2.05) is 0 Å². The Balaban J connectivity index is 2.36. The average Bonchev–Trinajstić information content (AvgIpc) is 2.93. The van der Waals surface area contributed by atoms with Crippen LogP contribution in [0.4, 0.5) is 4.39 Å². The first-order chi connectivity index (χ1) is 6.59. The van der Waals surface area contributed by atoms with Gasteiger partial charge in [-0.15, -0.1) is 0 Å². The molecular weight excluding hydrogens is 226 g/mol. The molecule has 14 heavy (non-hydrogen) atoms. The van der Waals surface area contributed by atoms with Gasteiger partial charge in [0.05, 0.1) is 0 Å². The number of halogens is 3. The minimum Gasteiger partial charge on any atom is -0.324 e. The van der Waals surface area contributed by atoms with Gasteiger partial charge in [-0.1, -0.05) is 23.2 Å². The zero-order valence-corrected chi connectivity index (χ0v) is 8.82. The summed E-state index contributed by atoms with van der Waals surface area (Å²) in [6.45, 7) is 0. The monoisotopic (exact) mass is 234 g/mol. The van der Waals surface area contributed by atoms with Crippen LogP contribution in [-0.2, 0) is 0 Å². The summed E-state index contributed by atoms with van der Waals surface area (Å²) in [4.78, 5) is 3.68. The molecule has 1 aromatic rings. The number of hydrogen-bond acceptors (Lipinski definition) is 2. The van der Waals surface area contributed by atoms with E-state index in [0.29, 0.717) is 11.5 Å². The highest BCUT2D eigenvalue weighted by Crippen LogP contribution is 2.41. The van der Waals surface area contributed by atoms with Crippen LogP contribution >= 0.6 is 23.2 Å². The van der Waals surface area contributed by atoms with Crippen LogP contribution in [0.15, 0.2) is 6.07 Å². The fraction of sp³-hybridized carbons (Fsp3) is 0.444. The molecule has 1 fully saturated rings. The van der Waals surface area contributed by atoms with E-state index < -0.39 is 5.82 Å². The molecule has 0 saturated heterocycles. The van der Waals surface area contributed by atoms with Crippen molar-refractivity contribution in [2.45, 2.75) is 18.9 Å². The number of pyridine rings is 1. The van der Waals surface area contributed by atoms with Crippen molar-refractivity contribution in [1.29, 1.82) is 0 Å². The van der Waals surface area contributed by atoms with Crippen molar-refractivity contribution in [1.82, 2.24) is 4.98 Å². The third-order valence-corrected chi connectivity index (χ3v) is 2.97. The van der Waals surface area contributed by atoms with Crippen LogP contribution in [0.1, 0.15) is 24.4 Å². The van der Waals surface area contributed by atoms with E-state index in [2.05, 4.69) is 4.98 Å². The Hall–Kier alpha value is -0.380. The largest absolute Gasteiger partial charge is 0.324 e. The van der Waals surface area contributed by atoms with Crippen molar-refractivity contribution in [2.24, 2.45) is 11.7 Å². The second-order valence-corrected chi connectivity index (χ2v) is 4.22. The van der Waals surface area contributed by atoms with Crippen LogP contribution in [0, 0.1) is 11.7 Å². The molecule has 0 aromatic carbocycles. The summed E-state index contributed by atoms with van der Waals surface area (Å²) in [5.41, 5.74) is 6.44. The first-order valence-corrected chi connectivity index (χ1v) is 5.12. The zero-order chi connectivity index (χ0) is 10.3. The first-order valence-electron chi connectivity index (χ1n) is 4.36. The van der Waals surface area contributed by atoms with Gasteiger partial charge in [0.15, 0.2) is 11.0 Å². The Kier molecular flexibility index (Phi) is 2.64. The Morgan fingerprint density at radius 3 is 2.64 bits per heavy atom. The van der Waals surface area contributed by atoms with E-state index in [4.69, 9.17) is 28.9 Å². The van der Waals surface area contributed by atoms with E-state index in [1.54, 1.807) is 0 Å². The third kappa shape index (κ3) is 1.85. The van der Waals surface area contributed by atoms with Gasteiger partial charge in [-0.25, -0.2) is 9.37 Å². The van der Waals surface area contributed by atoms with Gasteiger partial charge in [0.2, 0.25) is 0 Å². The summed E-state index contributed by atoms with van der Waals surface area (Å²) in [5.74, 6) is -0.156. The predicted octanol–water partition coefficient (Wildman–Crippen LogP) is 2.94. The average molecular weight is 235 g/mol. The highest BCUT2D eigenvalue weighted by molar-refractivity contribution is 6.33. The SMILES string of the molecule is N[C@@H](c1cc(F)c(Cl)nc1Cl)C1CC1. The van der Waals surface area contributed by atoms with E-state index >= 15 is 0 Å². The van der Waals surface area contributed by atoms with Gasteiger partial charge >= 0.3 is 0 Å². The van der Waals surface area contributed by atoms with Crippen molar-refractivity contribution >= 4 is 23.2 Å². The molecule has 2 N–H and O–H groups in total. The third-order valence-electron chi connectivity index (χ3n) is 2.40. The molecule has 76 valence electrons. The van der Waals surface area contributed by atoms with Gasteiger partial charge in [-0.05, 0) is 24.8 Å². The van der Waals surface area contributed by atoms with Crippen LogP contribution < -0.4 is 5.73 Å². The molecule has 1 atom stereocenters. The lowest BCUT2D eigenvalue weighted by atomic mass is 10.1. The molecule has 1 aliphatic rings. The fourth-order valence-corrected chi connectivity index (χ4v) is 1.85. The Morgan fingerprint density at radius 1 is 1.43 bits per heavy atom. The lowest BCUT2D eigenvalue weighted by molar-refractivity contribution is 0.594. The smallest absolute Gasteiger partial charge is 0.166 e. The lowest BCUT2D eigenvalue weighted by Crippen LogP contribution is -2.14. The Labute approximate surface area is 91.2 Å². The van der Waals surface area contributed by atoms with E-state index in [9.17, 15) is 4.39 Å². The molecular formula is C9H9Cl2FN2. The molecule has 5 heteroatoms. The normalized spacial score (nSPS) is 18.3. The van der Waals surface area contributed by atoms with Gasteiger partial charge in [0.25, 0.3) is 0 Å². The standard InChI is InChI=1S/C9H9Cl2FN2/c10-8-5(7(13)4-1-2-4)3-6(12)9(11)14-8/h3-4,7H,1-2,13H2/t7-/m1/s1. The maximum absolute atomic E-state index is 13.1. The maximum Gasteiger partial charge on any atom is 0.166 e. The fourth-order valence-electron chi connectivity index (χ4n) is 1.40. The lowest BCUT2D eigenvalue weighted by Gasteiger charge is -2.12. The summed E-state index contributed by atoms with van der Waals surface area (Å²) < 4.78 is 13.1. The van der Waals surface area contributed by atoms with E-state index in [0.717, 1.165) is 12.8 Å². The van der Waals surface area contributed by atoms with Crippen molar-refractivity contribution in [3.05, 3.63) is 27.8 Å². The number of rotatable bonds is 2.